The molecule has 4 nitrogen and oxygen atoms in total. The predicted molar refractivity (Wildman–Crippen MR) is 115 cm³/mol. The summed E-state index contributed by atoms with van der Waals surface area (Å²) in [5, 5.41) is 0.815. The minimum absolute atomic E-state index is 0.273. The maximum absolute atomic E-state index is 12.9. The fourth-order valence-electron chi connectivity index (χ4n) is 3.51. The molecule has 0 saturated heterocycles. The van der Waals surface area contributed by atoms with E-state index >= 15 is 0 Å². The lowest BCUT2D eigenvalue weighted by Gasteiger charge is -2.15. The van der Waals surface area contributed by atoms with Crippen LogP contribution in [0.2, 0.25) is 0 Å². The van der Waals surface area contributed by atoms with Gasteiger partial charge in [-0.05, 0) is 29.2 Å². The zero-order chi connectivity index (χ0) is 19.7. The minimum atomic E-state index is -0.273. The number of anilines is 1. The highest BCUT2D eigenvalue weighted by Crippen LogP contribution is 2.31. The van der Waals surface area contributed by atoms with Crippen LogP contribution in [-0.4, -0.2) is 9.55 Å². The second kappa shape index (κ2) is 7.31. The second-order valence-corrected chi connectivity index (χ2v) is 7.33. The van der Waals surface area contributed by atoms with E-state index in [4.69, 9.17) is 5.73 Å². The van der Waals surface area contributed by atoms with E-state index in [0.29, 0.717) is 23.8 Å². The molecule has 140 valence electrons. The third kappa shape index (κ3) is 3.29. The van der Waals surface area contributed by atoms with Gasteiger partial charge in [0.05, 0.1) is 17.8 Å². The van der Waals surface area contributed by atoms with Crippen molar-refractivity contribution in [2.75, 3.05) is 5.73 Å². The molecule has 0 amide bonds. The van der Waals surface area contributed by atoms with Gasteiger partial charge >= 0.3 is 5.69 Å². The van der Waals surface area contributed by atoms with Crippen LogP contribution in [0.15, 0.2) is 77.6 Å². The van der Waals surface area contributed by atoms with Crippen LogP contribution in [0.5, 0.6) is 0 Å². The molecule has 0 saturated carbocycles. The van der Waals surface area contributed by atoms with Crippen LogP contribution in [0.25, 0.3) is 22.2 Å². The Morgan fingerprint density at radius 3 is 2.32 bits per heavy atom. The van der Waals surface area contributed by atoms with E-state index in [1.165, 1.54) is 5.56 Å². The van der Waals surface area contributed by atoms with Gasteiger partial charge in [0, 0.05) is 16.6 Å². The molecule has 0 fully saturated rings. The number of rotatable bonds is 4. The van der Waals surface area contributed by atoms with Gasteiger partial charge in [-0.3, -0.25) is 4.57 Å². The van der Waals surface area contributed by atoms with Crippen molar-refractivity contribution < 1.29 is 0 Å². The molecule has 4 heteroatoms. The molecule has 0 aliphatic rings. The van der Waals surface area contributed by atoms with Crippen molar-refractivity contribution in [3.8, 4) is 11.3 Å². The van der Waals surface area contributed by atoms with E-state index in [0.717, 1.165) is 22.0 Å². The van der Waals surface area contributed by atoms with E-state index in [9.17, 15) is 4.79 Å². The van der Waals surface area contributed by atoms with Crippen molar-refractivity contribution in [3.05, 3.63) is 94.4 Å². The molecule has 0 aliphatic carbocycles. The molecule has 28 heavy (non-hydrogen) atoms. The average Bonchev–Trinajstić information content (AvgIpc) is 2.71. The predicted octanol–water partition coefficient (Wildman–Crippen LogP) is 4.82. The molecule has 0 aliphatic heterocycles. The van der Waals surface area contributed by atoms with E-state index in [-0.39, 0.29) is 5.69 Å². The molecule has 0 unspecified atom stereocenters. The summed E-state index contributed by atoms with van der Waals surface area (Å²) in [7, 11) is 0. The van der Waals surface area contributed by atoms with Crippen molar-refractivity contribution in [3.63, 3.8) is 0 Å². The third-order valence-electron chi connectivity index (χ3n) is 5.07. The van der Waals surface area contributed by atoms with Crippen LogP contribution in [0.1, 0.15) is 30.9 Å². The van der Waals surface area contributed by atoms with Gasteiger partial charge in [0.25, 0.3) is 0 Å². The number of benzene rings is 3. The number of fused-ring (bicyclic) bond motifs is 1. The van der Waals surface area contributed by atoms with Gasteiger partial charge in [-0.25, -0.2) is 4.79 Å². The average molecular weight is 369 g/mol. The van der Waals surface area contributed by atoms with E-state index < -0.39 is 0 Å². The largest absolute Gasteiger partial charge is 0.398 e. The quantitative estimate of drug-likeness (QED) is 0.525. The number of nitrogens with two attached hydrogens (primary N) is 1. The van der Waals surface area contributed by atoms with Crippen molar-refractivity contribution in [2.24, 2.45) is 0 Å². The summed E-state index contributed by atoms with van der Waals surface area (Å²) in [4.78, 5) is 17.4. The maximum atomic E-state index is 12.9. The Bertz CT molecular complexity index is 1180. The molecule has 1 aromatic heterocycles. The number of nitrogen functional groups attached to an aromatic ring is 1. The highest BCUT2D eigenvalue weighted by atomic mass is 16.1. The Morgan fingerprint density at radius 1 is 0.929 bits per heavy atom. The normalized spacial score (nSPS) is 11.2. The van der Waals surface area contributed by atoms with Gasteiger partial charge in [0.15, 0.2) is 0 Å². The molecule has 4 rings (SSSR count). The van der Waals surface area contributed by atoms with Crippen LogP contribution in [-0.2, 0) is 6.54 Å². The molecule has 1 heterocycles. The van der Waals surface area contributed by atoms with Crippen molar-refractivity contribution >= 4 is 16.6 Å². The van der Waals surface area contributed by atoms with Crippen LogP contribution in [0, 0.1) is 0 Å². The van der Waals surface area contributed by atoms with Gasteiger partial charge in [-0.15, -0.1) is 0 Å². The number of hydrogen-bond acceptors (Lipinski definition) is 3. The zero-order valence-electron chi connectivity index (χ0n) is 16.1. The van der Waals surface area contributed by atoms with Crippen LogP contribution < -0.4 is 11.4 Å². The lowest BCUT2D eigenvalue weighted by atomic mass is 9.99. The molecular weight excluding hydrogens is 346 g/mol. The summed E-state index contributed by atoms with van der Waals surface area (Å²) >= 11 is 0. The van der Waals surface area contributed by atoms with Gasteiger partial charge in [-0.1, -0.05) is 74.5 Å². The highest BCUT2D eigenvalue weighted by Gasteiger charge is 2.15. The van der Waals surface area contributed by atoms with E-state index in [1.54, 1.807) is 4.57 Å². The number of nitrogens with zero attached hydrogens (tertiary/aromatic N) is 2. The van der Waals surface area contributed by atoms with Crippen molar-refractivity contribution in [1.29, 1.82) is 0 Å². The number of aromatic nitrogens is 2. The second-order valence-electron chi connectivity index (χ2n) is 7.33. The van der Waals surface area contributed by atoms with E-state index in [1.807, 2.05) is 60.7 Å². The maximum Gasteiger partial charge on any atom is 0.348 e. The minimum Gasteiger partial charge on any atom is -0.398 e. The Balaban J connectivity index is 1.92. The van der Waals surface area contributed by atoms with Crippen LogP contribution in [0.4, 0.5) is 5.69 Å². The SMILES string of the molecule is CC(C)c1ccc(-c2nc(=O)n(Cc3ccccc3)c3cccc(N)c23)cc1. The monoisotopic (exact) mass is 369 g/mol. The summed E-state index contributed by atoms with van der Waals surface area (Å²) < 4.78 is 1.69. The molecule has 0 bridgehead atoms. The highest BCUT2D eigenvalue weighted by molar-refractivity contribution is 6.00. The van der Waals surface area contributed by atoms with Crippen LogP contribution >= 0.6 is 0 Å². The van der Waals surface area contributed by atoms with Gasteiger partial charge in [0.2, 0.25) is 0 Å². The first-order valence-electron chi connectivity index (χ1n) is 9.48. The molecule has 0 radical (unpaired) electrons. The number of hydrogen-bond donors (Lipinski definition) is 1. The molecule has 4 aromatic rings. The lowest BCUT2D eigenvalue weighted by molar-refractivity contribution is 0.763. The Kier molecular flexibility index (Phi) is 4.70. The summed E-state index contributed by atoms with van der Waals surface area (Å²) in [6, 6.07) is 23.8. The third-order valence-corrected chi connectivity index (χ3v) is 5.07. The van der Waals surface area contributed by atoms with Gasteiger partial charge in [-0.2, -0.15) is 4.98 Å². The molecule has 3 aromatic carbocycles. The fraction of sp³-hybridized carbons (Fsp3) is 0.167. The molecular formula is C24H23N3O. The van der Waals surface area contributed by atoms with E-state index in [2.05, 4.69) is 31.0 Å². The Labute approximate surface area is 164 Å². The van der Waals surface area contributed by atoms with Crippen molar-refractivity contribution in [2.45, 2.75) is 26.3 Å². The van der Waals surface area contributed by atoms with Crippen molar-refractivity contribution in [1.82, 2.24) is 9.55 Å². The zero-order valence-corrected chi connectivity index (χ0v) is 16.1. The first-order valence-corrected chi connectivity index (χ1v) is 9.48. The summed E-state index contributed by atoms with van der Waals surface area (Å²) in [5.41, 5.74) is 11.3. The first kappa shape index (κ1) is 18.0. The smallest absolute Gasteiger partial charge is 0.348 e. The summed E-state index contributed by atoms with van der Waals surface area (Å²) in [6.07, 6.45) is 0. The lowest BCUT2D eigenvalue weighted by Crippen LogP contribution is -2.25. The molecule has 2 N–H and O–H groups in total. The Hall–Kier alpha value is -3.40. The standard InChI is InChI=1S/C24H23N3O/c1-16(2)18-11-13-19(14-12-18)23-22-20(25)9-6-10-21(22)27(24(28)26-23)15-17-7-4-3-5-8-17/h3-14,16H,15,25H2,1-2H3. The molecule has 0 spiro atoms. The van der Waals surface area contributed by atoms with Gasteiger partial charge < -0.3 is 5.73 Å². The summed E-state index contributed by atoms with van der Waals surface area (Å²) in [6.45, 7) is 4.77. The fourth-order valence-corrected chi connectivity index (χ4v) is 3.51. The topological polar surface area (TPSA) is 60.9 Å². The van der Waals surface area contributed by atoms with Gasteiger partial charge in [0.1, 0.15) is 0 Å². The molecule has 0 atom stereocenters. The van der Waals surface area contributed by atoms with Crippen LogP contribution in [0.3, 0.4) is 0 Å². The first-order chi connectivity index (χ1) is 13.5. The summed E-state index contributed by atoms with van der Waals surface area (Å²) in [5.74, 6) is 0.447. The Morgan fingerprint density at radius 2 is 1.64 bits per heavy atom.